The van der Waals surface area contributed by atoms with Crippen molar-refractivity contribution in [3.8, 4) is 11.1 Å². The van der Waals surface area contributed by atoms with Gasteiger partial charge in [-0.25, -0.2) is 21.9 Å². The van der Waals surface area contributed by atoms with Gasteiger partial charge in [-0.3, -0.25) is 9.78 Å². The molecule has 1 heterocycles. The third kappa shape index (κ3) is 5.84. The van der Waals surface area contributed by atoms with Gasteiger partial charge in [0.15, 0.2) is 0 Å². The highest BCUT2D eigenvalue weighted by molar-refractivity contribution is 7.89. The molecule has 1 aromatic heterocycles. The number of hydrogen-bond donors (Lipinski definition) is 2. The van der Waals surface area contributed by atoms with Crippen LogP contribution >= 0.6 is 0 Å². The van der Waals surface area contributed by atoms with Gasteiger partial charge in [0.1, 0.15) is 11.6 Å². The van der Waals surface area contributed by atoms with Gasteiger partial charge in [0.05, 0.1) is 11.1 Å². The van der Waals surface area contributed by atoms with Crippen molar-refractivity contribution in [2.45, 2.75) is 43.2 Å². The van der Waals surface area contributed by atoms with Crippen molar-refractivity contribution in [2.24, 2.45) is 5.92 Å². The number of halogens is 2. The lowest BCUT2D eigenvalue weighted by Crippen LogP contribution is -2.40. The van der Waals surface area contributed by atoms with E-state index in [4.69, 9.17) is 0 Å². The minimum Gasteiger partial charge on any atom is -0.352 e. The molecule has 2 N–H and O–H groups in total. The van der Waals surface area contributed by atoms with Crippen LogP contribution in [0.25, 0.3) is 11.1 Å². The normalized spacial score (nSPS) is 18.4. The number of carbonyl (C=O) groups excluding carboxylic acids is 1. The van der Waals surface area contributed by atoms with Gasteiger partial charge in [0, 0.05) is 30.3 Å². The van der Waals surface area contributed by atoms with E-state index >= 15 is 0 Å². The summed E-state index contributed by atoms with van der Waals surface area (Å²) < 4.78 is 55.3. The van der Waals surface area contributed by atoms with Gasteiger partial charge in [-0.15, -0.1) is 0 Å². The van der Waals surface area contributed by atoms with Gasteiger partial charge in [-0.05, 0) is 67.1 Å². The van der Waals surface area contributed by atoms with Crippen molar-refractivity contribution >= 4 is 15.9 Å². The molecule has 0 atom stereocenters. The van der Waals surface area contributed by atoms with Crippen LogP contribution in [0.4, 0.5) is 8.78 Å². The second-order valence-corrected chi connectivity index (χ2v) is 10.1. The molecule has 6 nitrogen and oxygen atoms in total. The molecule has 1 fully saturated rings. The Morgan fingerprint density at radius 2 is 1.62 bits per heavy atom. The Balaban J connectivity index is 1.29. The van der Waals surface area contributed by atoms with E-state index in [1.807, 2.05) is 0 Å². The van der Waals surface area contributed by atoms with Crippen LogP contribution in [0.1, 0.15) is 31.2 Å². The summed E-state index contributed by atoms with van der Waals surface area (Å²) in [7, 11) is -3.74. The highest BCUT2D eigenvalue weighted by atomic mass is 32.2. The molecule has 9 heteroatoms. The van der Waals surface area contributed by atoms with Gasteiger partial charge >= 0.3 is 0 Å². The molecule has 2 aromatic carbocycles. The molecule has 0 bridgehead atoms. The lowest BCUT2D eigenvalue weighted by atomic mass is 9.86. The number of nitrogens with one attached hydrogen (secondary N) is 2. The third-order valence-electron chi connectivity index (χ3n) is 6.05. The molecule has 0 saturated heterocycles. The molecule has 3 aromatic rings. The van der Waals surface area contributed by atoms with E-state index in [0.717, 1.165) is 11.8 Å². The predicted molar refractivity (Wildman–Crippen MR) is 124 cm³/mol. The first-order valence-electron chi connectivity index (χ1n) is 11.1. The Morgan fingerprint density at radius 1 is 0.941 bits per heavy atom. The molecule has 1 amide bonds. The van der Waals surface area contributed by atoms with Gasteiger partial charge < -0.3 is 5.32 Å². The highest BCUT2D eigenvalue weighted by Crippen LogP contribution is 2.27. The van der Waals surface area contributed by atoms with Crippen LogP contribution in [0, 0.1) is 17.6 Å². The summed E-state index contributed by atoms with van der Waals surface area (Å²) in [5, 5.41) is 2.87. The minimum absolute atomic E-state index is 0.0791. The van der Waals surface area contributed by atoms with E-state index in [1.54, 1.807) is 24.3 Å². The average molecular weight is 486 g/mol. The fraction of sp³-hybridized carbons (Fsp3) is 0.280. The fourth-order valence-electron chi connectivity index (χ4n) is 4.12. The second-order valence-electron chi connectivity index (χ2n) is 8.39. The maximum Gasteiger partial charge on any atom is 0.240 e. The maximum absolute atomic E-state index is 13.9. The van der Waals surface area contributed by atoms with Crippen molar-refractivity contribution < 1.29 is 22.0 Å². The number of aromatic nitrogens is 1. The summed E-state index contributed by atoms with van der Waals surface area (Å²) in [5.41, 5.74) is 1.72. The molecule has 1 aliphatic carbocycles. The Labute approximate surface area is 197 Å². The van der Waals surface area contributed by atoms with Gasteiger partial charge in [0.25, 0.3) is 0 Å². The van der Waals surface area contributed by atoms with Crippen molar-refractivity contribution in [2.75, 3.05) is 0 Å². The van der Waals surface area contributed by atoms with Crippen molar-refractivity contribution in [3.05, 3.63) is 84.2 Å². The molecular formula is C25H25F2N3O3S. The molecule has 1 saturated carbocycles. The Hall–Kier alpha value is -3.17. The first kappa shape index (κ1) is 24.0. The summed E-state index contributed by atoms with van der Waals surface area (Å²) in [6, 6.07) is 13.3. The summed E-state index contributed by atoms with van der Waals surface area (Å²) in [4.78, 5) is 16.3. The van der Waals surface area contributed by atoms with E-state index in [2.05, 4.69) is 15.0 Å². The zero-order valence-electron chi connectivity index (χ0n) is 18.4. The number of rotatable bonds is 7. The average Bonchev–Trinajstić information content (AvgIpc) is 2.84. The summed E-state index contributed by atoms with van der Waals surface area (Å²) in [5.74, 6) is -1.07. The first-order chi connectivity index (χ1) is 16.3. The molecule has 34 heavy (non-hydrogen) atoms. The fourth-order valence-corrected chi connectivity index (χ4v) is 5.42. The smallest absolute Gasteiger partial charge is 0.240 e. The SMILES string of the molecule is O=C(NCc1ccc(F)cc1)C1CCC(NS(=O)(=O)c2ccc(-c3ccncc3F)cc2)CC1. The van der Waals surface area contributed by atoms with Crippen molar-refractivity contribution in [1.82, 2.24) is 15.0 Å². The van der Waals surface area contributed by atoms with Crippen LogP contribution < -0.4 is 10.0 Å². The zero-order chi connectivity index (χ0) is 24.1. The number of benzene rings is 2. The van der Waals surface area contributed by atoms with E-state index in [0.29, 0.717) is 43.4 Å². The molecule has 0 unspecified atom stereocenters. The quantitative estimate of drug-likeness (QED) is 0.526. The van der Waals surface area contributed by atoms with Gasteiger partial charge in [-0.1, -0.05) is 24.3 Å². The van der Waals surface area contributed by atoms with Crippen LogP contribution in [0.3, 0.4) is 0 Å². The van der Waals surface area contributed by atoms with Crippen LogP contribution in [0.5, 0.6) is 0 Å². The lowest BCUT2D eigenvalue weighted by molar-refractivity contribution is -0.126. The monoisotopic (exact) mass is 485 g/mol. The van der Waals surface area contributed by atoms with Gasteiger partial charge in [-0.2, -0.15) is 0 Å². The van der Waals surface area contributed by atoms with E-state index in [1.165, 1.54) is 36.5 Å². The van der Waals surface area contributed by atoms with Crippen LogP contribution in [-0.4, -0.2) is 25.4 Å². The minimum atomic E-state index is -3.74. The number of nitrogens with zero attached hydrogens (tertiary/aromatic N) is 1. The number of carbonyl (C=O) groups is 1. The molecule has 1 aliphatic rings. The van der Waals surface area contributed by atoms with Gasteiger partial charge in [0.2, 0.25) is 15.9 Å². The lowest BCUT2D eigenvalue weighted by Gasteiger charge is -2.28. The van der Waals surface area contributed by atoms with E-state index < -0.39 is 15.8 Å². The molecule has 0 spiro atoms. The Morgan fingerprint density at radius 3 is 2.26 bits per heavy atom. The molecule has 4 rings (SSSR count). The topological polar surface area (TPSA) is 88.2 Å². The maximum atomic E-state index is 13.9. The summed E-state index contributed by atoms with van der Waals surface area (Å²) in [6.07, 6.45) is 4.83. The number of sulfonamides is 1. The second kappa shape index (κ2) is 10.4. The first-order valence-corrected chi connectivity index (χ1v) is 12.5. The number of pyridine rings is 1. The zero-order valence-corrected chi connectivity index (χ0v) is 19.2. The number of hydrogen-bond acceptors (Lipinski definition) is 4. The summed E-state index contributed by atoms with van der Waals surface area (Å²) >= 11 is 0. The summed E-state index contributed by atoms with van der Waals surface area (Å²) in [6.45, 7) is 0.324. The number of amides is 1. The van der Waals surface area contributed by atoms with Crippen LogP contribution in [0.15, 0.2) is 71.9 Å². The van der Waals surface area contributed by atoms with Crippen molar-refractivity contribution in [1.29, 1.82) is 0 Å². The van der Waals surface area contributed by atoms with Crippen LogP contribution in [-0.2, 0) is 21.4 Å². The Bertz CT molecular complexity index is 1240. The van der Waals surface area contributed by atoms with E-state index in [9.17, 15) is 22.0 Å². The molecule has 0 aliphatic heterocycles. The predicted octanol–water partition coefficient (Wildman–Crippen LogP) is 4.18. The molecule has 178 valence electrons. The Kier molecular flexibility index (Phi) is 7.33. The molecule has 0 radical (unpaired) electrons. The van der Waals surface area contributed by atoms with Crippen LogP contribution in [0.2, 0.25) is 0 Å². The third-order valence-corrected chi connectivity index (χ3v) is 7.58. The molecular weight excluding hydrogens is 460 g/mol. The standard InChI is InChI=1S/C25H25F2N3O3S/c26-20-7-1-17(2-8-20)15-29-25(31)19-3-9-21(10-4-19)30-34(32,33)22-11-5-18(6-12-22)23-13-14-28-16-24(23)27/h1-2,5-8,11-14,16,19,21,30H,3-4,9-10,15H2,(H,29,31). The largest absolute Gasteiger partial charge is 0.352 e. The van der Waals surface area contributed by atoms with Crippen molar-refractivity contribution in [3.63, 3.8) is 0 Å². The highest BCUT2D eigenvalue weighted by Gasteiger charge is 2.29. The van der Waals surface area contributed by atoms with E-state index in [-0.39, 0.29) is 28.6 Å².